The maximum Gasteiger partial charge on any atom is 0.332 e. The van der Waals surface area contributed by atoms with E-state index in [0.29, 0.717) is 35.2 Å². The third kappa shape index (κ3) is 5.76. The maximum absolute atomic E-state index is 16.5. The number of nitrogens with zero attached hydrogens (tertiary/aromatic N) is 4. The van der Waals surface area contributed by atoms with Crippen LogP contribution < -0.4 is 20.3 Å². The van der Waals surface area contributed by atoms with Gasteiger partial charge in [-0.2, -0.15) is 18.4 Å². The van der Waals surface area contributed by atoms with Crippen LogP contribution >= 0.6 is 0 Å². The van der Waals surface area contributed by atoms with Crippen LogP contribution in [0, 0.1) is 5.82 Å². The lowest BCUT2D eigenvalue weighted by Gasteiger charge is -2.34. The van der Waals surface area contributed by atoms with Crippen LogP contribution in [-0.2, 0) is 10.2 Å². The summed E-state index contributed by atoms with van der Waals surface area (Å²) in [7, 11) is -4.87. The van der Waals surface area contributed by atoms with Crippen LogP contribution in [0.1, 0.15) is 23.2 Å². The van der Waals surface area contributed by atoms with E-state index in [1.165, 1.54) is 18.2 Å². The number of aromatic nitrogens is 3. The quantitative estimate of drug-likeness (QED) is 0.166. The van der Waals surface area contributed by atoms with Crippen molar-refractivity contribution >= 4 is 43.6 Å². The van der Waals surface area contributed by atoms with Crippen molar-refractivity contribution in [1.82, 2.24) is 25.6 Å². The lowest BCUT2D eigenvalue weighted by atomic mass is 10.0. The summed E-state index contributed by atoms with van der Waals surface area (Å²) in [6.07, 6.45) is 3.61. The number of pyridine rings is 1. The number of hydrogen-bond acceptors (Lipinski definition) is 10. The van der Waals surface area contributed by atoms with Gasteiger partial charge in [0.15, 0.2) is 5.82 Å². The second-order valence-corrected chi connectivity index (χ2v) is 12.7. The Balaban J connectivity index is 1.19. The zero-order valence-electron chi connectivity index (χ0n) is 24.3. The van der Waals surface area contributed by atoms with Gasteiger partial charge in [0, 0.05) is 42.5 Å². The third-order valence-corrected chi connectivity index (χ3v) is 9.11. The minimum absolute atomic E-state index is 0.00949. The monoisotopic (exact) mass is 646 g/mol. The van der Waals surface area contributed by atoms with Gasteiger partial charge in [0.1, 0.15) is 29.4 Å². The summed E-state index contributed by atoms with van der Waals surface area (Å²) in [4.78, 5) is 27.6. The van der Waals surface area contributed by atoms with Gasteiger partial charge in [-0.25, -0.2) is 4.39 Å². The standard InChI is InChI=1S/C32H28F2N6O5S/c33-27-28(25-14-22(41)13-19-3-1-2-4-24(19)25)36-15-26-29(27)38-32(39-30(26)40-16-20-7-8-21(17-40)37-20)45-12-11-35-31(42)18-5-9-23(10-6-18)46(34,43)44/h1-6,9-10,13-15,20-21,37,41H,7-8,11-12,16-17H2,(H,35,42)/t20-,21+. The van der Waals surface area contributed by atoms with Crippen molar-refractivity contribution in [3.05, 3.63) is 78.2 Å². The predicted octanol–water partition coefficient (Wildman–Crippen LogP) is 4.10. The number of ether oxygens (including phenoxy) is 1. The Bertz CT molecular complexity index is 2090. The first-order valence-corrected chi connectivity index (χ1v) is 16.1. The molecule has 0 unspecified atom stereocenters. The van der Waals surface area contributed by atoms with Crippen molar-refractivity contribution in [2.75, 3.05) is 31.1 Å². The van der Waals surface area contributed by atoms with E-state index >= 15 is 4.39 Å². The second kappa shape index (κ2) is 11.8. The Morgan fingerprint density at radius 3 is 2.52 bits per heavy atom. The summed E-state index contributed by atoms with van der Waals surface area (Å²) in [6, 6.07) is 15.3. The van der Waals surface area contributed by atoms with Crippen LogP contribution in [0.25, 0.3) is 32.9 Å². The minimum Gasteiger partial charge on any atom is -0.508 e. The number of carbonyl (C=O) groups excluding carboxylic acids is 1. The number of carbonyl (C=O) groups is 1. The second-order valence-electron chi connectivity index (χ2n) is 11.3. The number of nitrogens with one attached hydrogen (secondary N) is 2. The van der Waals surface area contributed by atoms with E-state index in [2.05, 4.69) is 30.5 Å². The first kappa shape index (κ1) is 29.7. The highest BCUT2D eigenvalue weighted by atomic mass is 32.3. The largest absolute Gasteiger partial charge is 0.508 e. The molecule has 2 aliphatic rings. The molecule has 0 spiro atoms. The van der Waals surface area contributed by atoms with Gasteiger partial charge in [0.05, 0.1) is 16.8 Å². The van der Waals surface area contributed by atoms with E-state index < -0.39 is 26.8 Å². The summed E-state index contributed by atoms with van der Waals surface area (Å²) in [5.74, 6) is -0.747. The Hall–Kier alpha value is -4.95. The smallest absolute Gasteiger partial charge is 0.332 e. The molecular formula is C32H28F2N6O5S. The van der Waals surface area contributed by atoms with Crippen LogP contribution in [0.4, 0.5) is 14.1 Å². The molecule has 7 rings (SSSR count). The molecule has 46 heavy (non-hydrogen) atoms. The molecule has 1 amide bonds. The third-order valence-electron chi connectivity index (χ3n) is 8.28. The number of anilines is 1. The molecule has 0 saturated carbocycles. The maximum atomic E-state index is 16.5. The average molecular weight is 647 g/mol. The van der Waals surface area contributed by atoms with Crippen molar-refractivity contribution in [1.29, 1.82) is 0 Å². The molecule has 4 heterocycles. The van der Waals surface area contributed by atoms with E-state index in [9.17, 15) is 22.2 Å². The van der Waals surface area contributed by atoms with Crippen molar-refractivity contribution < 1.29 is 31.3 Å². The van der Waals surface area contributed by atoms with Gasteiger partial charge in [-0.05, 0) is 60.0 Å². The van der Waals surface area contributed by atoms with Crippen LogP contribution in [0.15, 0.2) is 71.8 Å². The van der Waals surface area contributed by atoms with Crippen molar-refractivity contribution in [3.8, 4) is 23.0 Å². The number of fused-ring (bicyclic) bond motifs is 4. The Morgan fingerprint density at radius 1 is 1.04 bits per heavy atom. The number of rotatable bonds is 8. The Kier molecular flexibility index (Phi) is 7.61. The summed E-state index contributed by atoms with van der Waals surface area (Å²) in [5.41, 5.74) is 0.578. The number of piperazine rings is 1. The highest BCUT2D eigenvalue weighted by Crippen LogP contribution is 2.37. The lowest BCUT2D eigenvalue weighted by Crippen LogP contribution is -2.51. The molecule has 2 aliphatic heterocycles. The first-order chi connectivity index (χ1) is 22.1. The Morgan fingerprint density at radius 2 is 1.78 bits per heavy atom. The summed E-state index contributed by atoms with van der Waals surface area (Å²) >= 11 is 0. The Labute approximate surface area is 262 Å². The van der Waals surface area contributed by atoms with Crippen LogP contribution in [-0.4, -0.2) is 72.7 Å². The molecule has 3 aromatic carbocycles. The number of aromatic hydroxyl groups is 1. The van der Waals surface area contributed by atoms with Gasteiger partial charge in [0.2, 0.25) is 0 Å². The van der Waals surface area contributed by atoms with Gasteiger partial charge >= 0.3 is 16.2 Å². The summed E-state index contributed by atoms with van der Waals surface area (Å²) in [6.45, 7) is 1.30. The molecule has 2 aromatic heterocycles. The number of phenols is 1. The fraction of sp³-hybridized carbons (Fsp3) is 0.250. The number of hydrogen-bond donors (Lipinski definition) is 3. The SMILES string of the molecule is O=C(NCCOc1nc(N2C[C@H]3CC[C@@H](C2)N3)c2cnc(-c3cc(O)cc4ccccc34)c(F)c2n1)c1ccc(S(=O)(=O)F)cc1. The van der Waals surface area contributed by atoms with E-state index in [4.69, 9.17) is 4.74 Å². The predicted molar refractivity (Wildman–Crippen MR) is 167 cm³/mol. The van der Waals surface area contributed by atoms with Crippen molar-refractivity contribution in [3.63, 3.8) is 0 Å². The summed E-state index contributed by atoms with van der Waals surface area (Å²) in [5, 5.41) is 18.5. The summed E-state index contributed by atoms with van der Waals surface area (Å²) < 4.78 is 57.5. The number of halogens is 2. The van der Waals surface area contributed by atoms with E-state index in [1.54, 1.807) is 12.3 Å². The normalized spacial score (nSPS) is 17.8. The van der Waals surface area contributed by atoms with E-state index in [0.717, 1.165) is 30.4 Å². The molecule has 0 aliphatic carbocycles. The molecular weight excluding hydrogens is 618 g/mol. The highest BCUT2D eigenvalue weighted by Gasteiger charge is 2.34. The van der Waals surface area contributed by atoms with E-state index in [-0.39, 0.29) is 53.8 Å². The van der Waals surface area contributed by atoms with Crippen LogP contribution in [0.2, 0.25) is 0 Å². The molecule has 236 valence electrons. The molecule has 5 aromatic rings. The van der Waals surface area contributed by atoms with Crippen LogP contribution in [0.3, 0.4) is 0 Å². The average Bonchev–Trinajstić information content (AvgIpc) is 3.39. The first-order valence-electron chi connectivity index (χ1n) is 14.7. The van der Waals surface area contributed by atoms with E-state index in [1.807, 2.05) is 24.3 Å². The topological polar surface area (TPSA) is 147 Å². The number of amides is 1. The number of phenolic OH excluding ortho intramolecular Hbond substituents is 1. The molecule has 2 atom stereocenters. The zero-order valence-corrected chi connectivity index (χ0v) is 25.1. The molecule has 14 heteroatoms. The fourth-order valence-corrected chi connectivity index (χ4v) is 6.61. The zero-order chi connectivity index (χ0) is 32.0. The molecule has 2 fully saturated rings. The van der Waals surface area contributed by atoms with Gasteiger partial charge in [-0.15, -0.1) is 3.89 Å². The van der Waals surface area contributed by atoms with Gasteiger partial charge in [-0.1, -0.05) is 24.3 Å². The van der Waals surface area contributed by atoms with Gasteiger partial charge < -0.3 is 25.4 Å². The fourth-order valence-electron chi connectivity index (χ4n) is 6.15. The molecule has 2 saturated heterocycles. The van der Waals surface area contributed by atoms with Crippen molar-refractivity contribution in [2.24, 2.45) is 0 Å². The van der Waals surface area contributed by atoms with Gasteiger partial charge in [0.25, 0.3) is 5.91 Å². The lowest BCUT2D eigenvalue weighted by molar-refractivity contribution is 0.0946. The van der Waals surface area contributed by atoms with Crippen LogP contribution in [0.5, 0.6) is 11.8 Å². The highest BCUT2D eigenvalue weighted by molar-refractivity contribution is 7.86. The molecule has 0 radical (unpaired) electrons. The number of benzene rings is 3. The van der Waals surface area contributed by atoms with Gasteiger partial charge in [-0.3, -0.25) is 9.78 Å². The molecule has 2 bridgehead atoms. The minimum atomic E-state index is -4.87. The van der Waals surface area contributed by atoms with Crippen molar-refractivity contribution in [2.45, 2.75) is 29.8 Å². The molecule has 11 nitrogen and oxygen atoms in total. The molecule has 3 N–H and O–H groups in total.